The van der Waals surface area contributed by atoms with Crippen LogP contribution in [0, 0.1) is 0 Å². The van der Waals surface area contributed by atoms with E-state index in [1.54, 1.807) is 12.1 Å². The van der Waals surface area contributed by atoms with Gasteiger partial charge in [0.05, 0.1) is 37.3 Å². The van der Waals surface area contributed by atoms with Crippen molar-refractivity contribution in [2.24, 2.45) is 0 Å². The Morgan fingerprint density at radius 2 is 1.02 bits per heavy atom. The van der Waals surface area contributed by atoms with Crippen LogP contribution in [-0.4, -0.2) is 56.4 Å². The molecule has 0 aliphatic heterocycles. The number of aromatic nitrogens is 4. The highest BCUT2D eigenvalue weighted by Crippen LogP contribution is 2.49. The molecule has 3 N–H and O–H groups in total. The van der Waals surface area contributed by atoms with Crippen LogP contribution in [0.4, 0.5) is 11.4 Å². The second kappa shape index (κ2) is 24.5. The van der Waals surface area contributed by atoms with Gasteiger partial charge in [0.1, 0.15) is 61.1 Å². The van der Waals surface area contributed by atoms with Gasteiger partial charge >= 0.3 is 0 Å². The average molecular weight is 825 g/mol. The van der Waals surface area contributed by atoms with E-state index in [1.807, 2.05) is 24.3 Å². The van der Waals surface area contributed by atoms with E-state index in [0.717, 1.165) is 70.6 Å². The van der Waals surface area contributed by atoms with Crippen LogP contribution in [-0.2, 0) is 31.0 Å². The molecule has 2 aromatic carbocycles. The van der Waals surface area contributed by atoms with Gasteiger partial charge in [-0.3, -0.25) is 4.79 Å². The highest BCUT2D eigenvalue weighted by Gasteiger charge is 2.44. The van der Waals surface area contributed by atoms with Crippen LogP contribution in [0.3, 0.4) is 0 Å². The lowest BCUT2D eigenvalue weighted by Crippen LogP contribution is -2.33. The van der Waals surface area contributed by atoms with Crippen LogP contribution in [0.1, 0.15) is 147 Å². The zero-order valence-electron chi connectivity index (χ0n) is 37.4. The van der Waals surface area contributed by atoms with Crippen LogP contribution in [0.5, 0.6) is 11.5 Å². The fraction of sp³-hybridized carbons (Fsp3) is 0.580. The molecule has 5 rings (SSSR count). The summed E-state index contributed by atoms with van der Waals surface area (Å²) < 4.78 is 8.90. The summed E-state index contributed by atoms with van der Waals surface area (Å²) in [6.45, 7) is 15.6. The number of aliphatic hydroxyl groups is 1. The molecule has 0 bridgehead atoms. The second-order valence-electron chi connectivity index (χ2n) is 17.0. The number of hydrogen-bond acceptors (Lipinski definition) is 6. The Hall–Kier alpha value is -4.73. The summed E-state index contributed by atoms with van der Waals surface area (Å²) in [7, 11) is 0. The third-order valence-electron chi connectivity index (χ3n) is 12.2. The molecule has 60 heavy (non-hydrogen) atoms. The first-order valence-corrected chi connectivity index (χ1v) is 23.5. The van der Waals surface area contributed by atoms with Crippen molar-refractivity contribution in [1.82, 2.24) is 9.13 Å². The summed E-state index contributed by atoms with van der Waals surface area (Å²) in [5.41, 5.74) is 2.70. The normalized spacial score (nSPS) is 13.9. The number of benzene rings is 2. The zero-order chi connectivity index (χ0) is 42.7. The number of imidazole rings is 2. The molecule has 4 aromatic rings. The van der Waals surface area contributed by atoms with Gasteiger partial charge in [-0.05, 0) is 56.2 Å². The molecule has 0 radical (unpaired) electrons. The fourth-order valence-electron chi connectivity index (χ4n) is 8.41. The third kappa shape index (κ3) is 13.1. The topological polar surface area (TPSA) is 102 Å². The van der Waals surface area contributed by atoms with Crippen LogP contribution >= 0.6 is 0 Å². The van der Waals surface area contributed by atoms with E-state index in [2.05, 4.69) is 93.2 Å². The Kier molecular flexibility index (Phi) is 18.9. The summed E-state index contributed by atoms with van der Waals surface area (Å²) >= 11 is 0. The van der Waals surface area contributed by atoms with Crippen molar-refractivity contribution in [2.45, 2.75) is 163 Å². The minimum atomic E-state index is -1.11. The lowest BCUT2D eigenvalue weighted by Gasteiger charge is -2.31. The number of aryl methyl sites for hydroxylation is 2. The number of phenols is 2. The molecule has 10 nitrogen and oxygen atoms in total. The SMILES string of the molecule is CCCCCCCC[n+]1ccn(CCN(CCn2cc[n+](CCCCCCCC)c2)c2cc(O)c(C3C(=O)C(c4ccc(N(CCCC)CCCC)cc4)=C3O)c(O)c2)c1. The summed E-state index contributed by atoms with van der Waals surface area (Å²) in [5, 5.41) is 34.3. The number of aromatic hydroxyl groups is 2. The number of ketones is 1. The Balaban J connectivity index is 1.29. The lowest BCUT2D eigenvalue weighted by molar-refractivity contribution is -0.697. The van der Waals surface area contributed by atoms with Gasteiger partial charge in [0, 0.05) is 36.6 Å². The second-order valence-corrected chi connectivity index (χ2v) is 17.0. The number of Topliss-reactive ketones (excluding diaryl/α,β-unsaturated/α-hetero) is 1. The molecule has 1 aliphatic rings. The lowest BCUT2D eigenvalue weighted by atomic mass is 9.74. The van der Waals surface area contributed by atoms with Crippen LogP contribution < -0.4 is 18.9 Å². The molecule has 0 amide bonds. The smallest absolute Gasteiger partial charge is 0.243 e. The molecule has 0 saturated heterocycles. The first-order chi connectivity index (χ1) is 29.3. The maximum atomic E-state index is 13.7. The van der Waals surface area contributed by atoms with Gasteiger partial charge in [0.15, 0.2) is 5.78 Å². The number of phenolic OH excluding ortho intramolecular Hbond substituents is 2. The maximum absolute atomic E-state index is 13.7. The monoisotopic (exact) mass is 825 g/mol. The van der Waals surface area contributed by atoms with Crippen LogP contribution in [0.15, 0.2) is 79.6 Å². The molecule has 2 aromatic heterocycles. The standard InChI is InChI=1S/C50H74N6O4/c1-5-9-13-15-17-19-25-51-29-31-53(39-51)33-35-56(36-34-54-32-30-52(40-54)26-20-18-16-14-10-6-2)43-37-44(57)47(45(58)38-43)48-49(59)46(50(48)60)41-21-23-42(24-22-41)55(27-11-7-3)28-12-8-4/h21-24,29-32,37-40,48H,5-20,25-28,33-36H2,1-4H3,(H-2,57,58,59,60)/p+2. The number of aliphatic hydroxyl groups excluding tert-OH is 1. The number of anilines is 2. The fourth-order valence-corrected chi connectivity index (χ4v) is 8.41. The molecule has 328 valence electrons. The Morgan fingerprint density at radius 1 is 0.567 bits per heavy atom. The van der Waals surface area contributed by atoms with Gasteiger partial charge in [-0.2, -0.15) is 0 Å². The molecule has 2 heterocycles. The zero-order valence-corrected chi connectivity index (χ0v) is 37.4. The summed E-state index contributed by atoms with van der Waals surface area (Å²) in [4.78, 5) is 18.3. The van der Waals surface area contributed by atoms with E-state index in [0.29, 0.717) is 24.3 Å². The van der Waals surface area contributed by atoms with Gasteiger partial charge in [-0.1, -0.05) is 104 Å². The largest absolute Gasteiger partial charge is 0.510 e. The number of rotatable bonds is 30. The molecule has 0 saturated carbocycles. The van der Waals surface area contributed by atoms with E-state index in [-0.39, 0.29) is 34.2 Å². The first-order valence-electron chi connectivity index (χ1n) is 23.5. The summed E-state index contributed by atoms with van der Waals surface area (Å²) in [5.74, 6) is -1.95. The Bertz CT molecular complexity index is 1820. The van der Waals surface area contributed by atoms with E-state index >= 15 is 0 Å². The van der Waals surface area contributed by atoms with Gasteiger partial charge in [-0.15, -0.1) is 0 Å². The predicted octanol–water partition coefficient (Wildman–Crippen LogP) is 10.2. The minimum Gasteiger partial charge on any atom is -0.510 e. The van der Waals surface area contributed by atoms with Crippen molar-refractivity contribution < 1.29 is 29.2 Å². The summed E-state index contributed by atoms with van der Waals surface area (Å²) in [6, 6.07) is 11.1. The Labute approximate surface area is 360 Å². The first kappa shape index (κ1) is 46.3. The van der Waals surface area contributed by atoms with Crippen molar-refractivity contribution in [3.8, 4) is 11.5 Å². The number of nitrogens with zero attached hydrogens (tertiary/aromatic N) is 6. The van der Waals surface area contributed by atoms with Crippen LogP contribution in [0.2, 0.25) is 0 Å². The van der Waals surface area contributed by atoms with Gasteiger partial charge in [0.25, 0.3) is 0 Å². The molecular formula is C50H76N6O4+2. The number of allylic oxidation sites excluding steroid dienone is 2. The molecule has 0 spiro atoms. The molecule has 1 unspecified atom stereocenters. The van der Waals surface area contributed by atoms with Crippen molar-refractivity contribution in [1.29, 1.82) is 0 Å². The summed E-state index contributed by atoms with van der Waals surface area (Å²) in [6.07, 6.45) is 32.5. The molecule has 10 heteroatoms. The number of carbonyl (C=O) groups is 1. The molecular weight excluding hydrogens is 749 g/mol. The van der Waals surface area contributed by atoms with Gasteiger partial charge in [0.2, 0.25) is 12.7 Å². The van der Waals surface area contributed by atoms with Gasteiger partial charge < -0.3 is 25.1 Å². The average Bonchev–Trinajstić information content (AvgIpc) is 3.91. The van der Waals surface area contributed by atoms with Crippen molar-refractivity contribution in [3.63, 3.8) is 0 Å². The number of hydrogen-bond donors (Lipinski definition) is 3. The van der Waals surface area contributed by atoms with Crippen molar-refractivity contribution in [3.05, 3.63) is 90.7 Å². The van der Waals surface area contributed by atoms with Crippen LogP contribution in [0.25, 0.3) is 5.57 Å². The number of unbranched alkanes of at least 4 members (excludes halogenated alkanes) is 12. The highest BCUT2D eigenvalue weighted by atomic mass is 16.3. The molecule has 1 aliphatic carbocycles. The van der Waals surface area contributed by atoms with Gasteiger partial charge in [-0.25, -0.2) is 18.3 Å². The van der Waals surface area contributed by atoms with Crippen molar-refractivity contribution in [2.75, 3.05) is 36.0 Å². The van der Waals surface area contributed by atoms with E-state index in [1.165, 1.54) is 77.0 Å². The number of carbonyl (C=O) groups excluding carboxylic acids is 1. The van der Waals surface area contributed by atoms with E-state index in [4.69, 9.17) is 0 Å². The Morgan fingerprint density at radius 3 is 1.48 bits per heavy atom. The molecule has 1 atom stereocenters. The minimum absolute atomic E-state index is 0.0502. The third-order valence-corrected chi connectivity index (χ3v) is 12.2. The van der Waals surface area contributed by atoms with E-state index < -0.39 is 5.92 Å². The van der Waals surface area contributed by atoms with Crippen molar-refractivity contribution >= 4 is 22.7 Å². The maximum Gasteiger partial charge on any atom is 0.243 e. The highest BCUT2D eigenvalue weighted by molar-refractivity contribution is 6.32. The van der Waals surface area contributed by atoms with E-state index in [9.17, 15) is 20.1 Å². The molecule has 0 fully saturated rings. The predicted molar refractivity (Wildman–Crippen MR) is 244 cm³/mol. The quantitative estimate of drug-likeness (QED) is 0.0358.